The molecular weight excluding hydrogens is 192 g/mol. The van der Waals surface area contributed by atoms with E-state index in [9.17, 15) is 9.90 Å². The molecule has 1 N–H and O–H groups in total. The second-order valence-corrected chi connectivity index (χ2v) is 3.83. The van der Waals surface area contributed by atoms with Gasteiger partial charge in [-0.2, -0.15) is 0 Å². The Balaban J connectivity index is 3.12. The molecule has 1 rings (SSSR count). The van der Waals surface area contributed by atoms with Crippen molar-refractivity contribution in [3.05, 3.63) is 35.4 Å². The van der Waals surface area contributed by atoms with Gasteiger partial charge in [0.2, 0.25) is 0 Å². The van der Waals surface area contributed by atoms with Crippen LogP contribution in [0.2, 0.25) is 0 Å². The molecule has 0 unspecified atom stereocenters. The Morgan fingerprint density at radius 1 is 1.40 bits per heavy atom. The normalized spacial score (nSPS) is 11.2. The highest BCUT2D eigenvalue weighted by Gasteiger charge is 2.23. The van der Waals surface area contributed by atoms with Gasteiger partial charge in [-0.25, -0.2) is 4.79 Å². The van der Waals surface area contributed by atoms with Gasteiger partial charge in [0.05, 0.1) is 17.8 Å². The first-order valence-corrected chi connectivity index (χ1v) is 4.95. The fourth-order valence-corrected chi connectivity index (χ4v) is 1.40. The van der Waals surface area contributed by atoms with Crippen molar-refractivity contribution in [3.63, 3.8) is 0 Å². The SMILES string of the molecule is CCOC(=O)c1ccccc1C(C)(C)O. The van der Waals surface area contributed by atoms with Crippen LogP contribution in [0.1, 0.15) is 36.7 Å². The van der Waals surface area contributed by atoms with Gasteiger partial charge in [0.1, 0.15) is 0 Å². The number of aliphatic hydroxyl groups is 1. The number of hydrogen-bond donors (Lipinski definition) is 1. The minimum atomic E-state index is -1.04. The maximum atomic E-state index is 11.6. The van der Waals surface area contributed by atoms with E-state index in [-0.39, 0.29) is 0 Å². The second kappa shape index (κ2) is 4.45. The lowest BCUT2D eigenvalue weighted by Gasteiger charge is -2.20. The van der Waals surface area contributed by atoms with Crippen LogP contribution in [0.15, 0.2) is 24.3 Å². The zero-order valence-electron chi connectivity index (χ0n) is 9.28. The number of carbonyl (C=O) groups is 1. The fourth-order valence-electron chi connectivity index (χ4n) is 1.40. The maximum absolute atomic E-state index is 11.6. The van der Waals surface area contributed by atoms with Crippen molar-refractivity contribution in [2.45, 2.75) is 26.4 Å². The van der Waals surface area contributed by atoms with Gasteiger partial charge in [0.25, 0.3) is 0 Å². The molecule has 0 saturated carbocycles. The predicted octanol–water partition coefficient (Wildman–Crippen LogP) is 2.09. The van der Waals surface area contributed by atoms with Gasteiger partial charge in [-0.05, 0) is 32.4 Å². The summed E-state index contributed by atoms with van der Waals surface area (Å²) < 4.78 is 4.91. The number of ether oxygens (including phenoxy) is 1. The molecule has 0 aliphatic heterocycles. The highest BCUT2D eigenvalue weighted by Crippen LogP contribution is 2.23. The Bertz CT molecular complexity index is 350. The molecule has 1 aromatic carbocycles. The highest BCUT2D eigenvalue weighted by atomic mass is 16.5. The van der Waals surface area contributed by atoms with Crippen molar-refractivity contribution in [1.29, 1.82) is 0 Å². The van der Waals surface area contributed by atoms with E-state index in [4.69, 9.17) is 4.74 Å². The summed E-state index contributed by atoms with van der Waals surface area (Å²) in [4.78, 5) is 11.6. The van der Waals surface area contributed by atoms with Crippen LogP contribution in [0, 0.1) is 0 Å². The summed E-state index contributed by atoms with van der Waals surface area (Å²) in [6.07, 6.45) is 0. The monoisotopic (exact) mass is 208 g/mol. The topological polar surface area (TPSA) is 46.5 Å². The third-order valence-corrected chi connectivity index (χ3v) is 2.08. The lowest BCUT2D eigenvalue weighted by molar-refractivity contribution is 0.0489. The molecule has 0 amide bonds. The number of hydrogen-bond acceptors (Lipinski definition) is 3. The van der Waals surface area contributed by atoms with Gasteiger partial charge < -0.3 is 9.84 Å². The van der Waals surface area contributed by atoms with Crippen molar-refractivity contribution in [2.24, 2.45) is 0 Å². The predicted molar refractivity (Wildman–Crippen MR) is 57.6 cm³/mol. The molecule has 3 heteroatoms. The molecule has 0 aliphatic carbocycles. The van der Waals surface area contributed by atoms with Gasteiger partial charge in [-0.1, -0.05) is 18.2 Å². The number of carbonyl (C=O) groups excluding carboxylic acids is 1. The molecule has 0 radical (unpaired) electrons. The summed E-state index contributed by atoms with van der Waals surface area (Å²) in [5, 5.41) is 9.88. The summed E-state index contributed by atoms with van der Waals surface area (Å²) in [7, 11) is 0. The molecule has 0 saturated heterocycles. The Hall–Kier alpha value is -1.35. The summed E-state index contributed by atoms with van der Waals surface area (Å²) in [6, 6.07) is 6.93. The van der Waals surface area contributed by atoms with E-state index >= 15 is 0 Å². The van der Waals surface area contributed by atoms with Crippen molar-refractivity contribution in [3.8, 4) is 0 Å². The Morgan fingerprint density at radius 2 is 2.00 bits per heavy atom. The van der Waals surface area contributed by atoms with Gasteiger partial charge in [0.15, 0.2) is 0 Å². The van der Waals surface area contributed by atoms with Crippen molar-refractivity contribution >= 4 is 5.97 Å². The lowest BCUT2D eigenvalue weighted by atomic mass is 9.93. The average Bonchev–Trinajstić information content (AvgIpc) is 2.17. The minimum Gasteiger partial charge on any atom is -0.462 e. The molecule has 1 aromatic rings. The average molecular weight is 208 g/mol. The first-order chi connectivity index (χ1) is 6.96. The standard InChI is InChI=1S/C12H16O3/c1-4-15-11(13)9-7-5-6-8-10(9)12(2,3)14/h5-8,14H,4H2,1-3H3. The zero-order valence-corrected chi connectivity index (χ0v) is 9.28. The van der Waals surface area contributed by atoms with Crippen LogP contribution >= 0.6 is 0 Å². The molecule has 0 aromatic heterocycles. The van der Waals surface area contributed by atoms with E-state index in [0.29, 0.717) is 17.7 Å². The largest absolute Gasteiger partial charge is 0.462 e. The van der Waals surface area contributed by atoms with E-state index in [1.54, 1.807) is 45.0 Å². The van der Waals surface area contributed by atoms with Gasteiger partial charge >= 0.3 is 5.97 Å². The van der Waals surface area contributed by atoms with E-state index in [1.165, 1.54) is 0 Å². The van der Waals surface area contributed by atoms with E-state index in [2.05, 4.69) is 0 Å². The van der Waals surface area contributed by atoms with E-state index in [1.807, 2.05) is 0 Å². The van der Waals surface area contributed by atoms with Crippen molar-refractivity contribution < 1.29 is 14.6 Å². The first-order valence-electron chi connectivity index (χ1n) is 4.95. The van der Waals surface area contributed by atoms with Gasteiger partial charge in [-0.3, -0.25) is 0 Å². The van der Waals surface area contributed by atoms with Crippen LogP contribution in [0.3, 0.4) is 0 Å². The molecule has 0 aliphatic rings. The second-order valence-electron chi connectivity index (χ2n) is 3.83. The van der Waals surface area contributed by atoms with Crippen molar-refractivity contribution in [1.82, 2.24) is 0 Å². The van der Waals surface area contributed by atoms with Crippen LogP contribution in [-0.2, 0) is 10.3 Å². The Labute approximate surface area is 89.7 Å². The maximum Gasteiger partial charge on any atom is 0.338 e. The minimum absolute atomic E-state index is 0.332. The fraction of sp³-hybridized carbons (Fsp3) is 0.417. The van der Waals surface area contributed by atoms with Gasteiger partial charge in [-0.15, -0.1) is 0 Å². The number of rotatable bonds is 3. The molecule has 3 nitrogen and oxygen atoms in total. The van der Waals surface area contributed by atoms with Crippen LogP contribution in [0.4, 0.5) is 0 Å². The van der Waals surface area contributed by atoms with Crippen molar-refractivity contribution in [2.75, 3.05) is 6.61 Å². The van der Waals surface area contributed by atoms with Gasteiger partial charge in [0, 0.05) is 0 Å². The highest BCUT2D eigenvalue weighted by molar-refractivity contribution is 5.91. The zero-order chi connectivity index (χ0) is 11.5. The molecule has 0 atom stereocenters. The molecule has 0 heterocycles. The first kappa shape index (κ1) is 11.7. The van der Waals surface area contributed by atoms with Crippen LogP contribution in [-0.4, -0.2) is 17.7 Å². The quantitative estimate of drug-likeness (QED) is 0.774. The van der Waals surface area contributed by atoms with Crippen LogP contribution in [0.25, 0.3) is 0 Å². The molecule has 0 bridgehead atoms. The molecular formula is C12H16O3. The summed E-state index contributed by atoms with van der Waals surface area (Å²) in [6.45, 7) is 5.37. The van der Waals surface area contributed by atoms with Crippen LogP contribution in [0.5, 0.6) is 0 Å². The summed E-state index contributed by atoms with van der Waals surface area (Å²) >= 11 is 0. The molecule has 0 spiro atoms. The summed E-state index contributed by atoms with van der Waals surface area (Å²) in [5.74, 6) is -0.393. The molecule has 15 heavy (non-hydrogen) atoms. The summed E-state index contributed by atoms with van der Waals surface area (Å²) in [5.41, 5.74) is -0.0288. The third kappa shape index (κ3) is 2.80. The number of esters is 1. The molecule has 0 fully saturated rings. The lowest BCUT2D eigenvalue weighted by Crippen LogP contribution is -2.20. The van der Waals surface area contributed by atoms with E-state index in [0.717, 1.165) is 0 Å². The Kier molecular flexibility index (Phi) is 3.48. The Morgan fingerprint density at radius 3 is 2.53 bits per heavy atom. The molecule has 82 valence electrons. The smallest absolute Gasteiger partial charge is 0.338 e. The van der Waals surface area contributed by atoms with Crippen LogP contribution < -0.4 is 0 Å². The number of benzene rings is 1. The van der Waals surface area contributed by atoms with E-state index < -0.39 is 11.6 Å². The third-order valence-electron chi connectivity index (χ3n) is 2.08.